The molecule has 3 aromatic carbocycles. The van der Waals surface area contributed by atoms with Crippen molar-refractivity contribution in [2.45, 2.75) is 12.5 Å². The fraction of sp³-hybridized carbons (Fsp3) is 0.174. The van der Waals surface area contributed by atoms with E-state index in [1.54, 1.807) is 0 Å². The number of halogens is 2. The number of hydrazone groups is 1. The summed E-state index contributed by atoms with van der Waals surface area (Å²) in [5, 5.41) is 7.85. The van der Waals surface area contributed by atoms with Gasteiger partial charge in [0.05, 0.1) is 17.4 Å². The van der Waals surface area contributed by atoms with Gasteiger partial charge in [-0.15, -0.1) is 0 Å². The molecular weight excluding hydrogens is 434 g/mol. The molecule has 3 aromatic rings. The van der Waals surface area contributed by atoms with E-state index in [1.807, 2.05) is 24.3 Å². The SMILES string of the molecule is CN(C)c1ccc(C2CC(c3ccc(Cl)cc3)=NN2c2ccc(Br)cc2)cc1. The Kier molecular flexibility index (Phi) is 5.42. The standard InChI is InChI=1S/C23H21BrClN3/c1-27(2)20-11-5-17(6-12-20)23-15-22(16-3-9-19(25)10-4-16)26-28(23)21-13-7-18(24)8-14-21/h3-14,23H,15H2,1-2H3. The summed E-state index contributed by atoms with van der Waals surface area (Å²) in [4.78, 5) is 2.11. The van der Waals surface area contributed by atoms with Crippen molar-refractivity contribution in [3.63, 3.8) is 0 Å². The predicted molar refractivity (Wildman–Crippen MR) is 123 cm³/mol. The molecule has 3 nitrogen and oxygen atoms in total. The van der Waals surface area contributed by atoms with Gasteiger partial charge < -0.3 is 4.90 Å². The highest BCUT2D eigenvalue weighted by Gasteiger charge is 2.30. The van der Waals surface area contributed by atoms with Gasteiger partial charge in [-0.3, -0.25) is 5.01 Å². The Morgan fingerprint density at radius 2 is 1.57 bits per heavy atom. The van der Waals surface area contributed by atoms with Crippen LogP contribution in [0.4, 0.5) is 11.4 Å². The molecule has 0 saturated heterocycles. The molecule has 0 fully saturated rings. The fourth-order valence-electron chi connectivity index (χ4n) is 3.41. The van der Waals surface area contributed by atoms with Gasteiger partial charge in [0.2, 0.25) is 0 Å². The number of anilines is 2. The van der Waals surface area contributed by atoms with Crippen LogP contribution in [0, 0.1) is 0 Å². The maximum atomic E-state index is 6.06. The average Bonchev–Trinajstić information content (AvgIpc) is 3.14. The van der Waals surface area contributed by atoms with Crippen LogP contribution in [0.25, 0.3) is 0 Å². The third-order valence-electron chi connectivity index (χ3n) is 4.97. The Labute approximate surface area is 179 Å². The molecular formula is C23H21BrClN3. The lowest BCUT2D eigenvalue weighted by Crippen LogP contribution is -2.18. The van der Waals surface area contributed by atoms with Gasteiger partial charge in [0.25, 0.3) is 0 Å². The van der Waals surface area contributed by atoms with Crippen LogP contribution in [-0.2, 0) is 0 Å². The van der Waals surface area contributed by atoms with Gasteiger partial charge in [-0.2, -0.15) is 5.10 Å². The molecule has 5 heteroatoms. The van der Waals surface area contributed by atoms with Crippen LogP contribution in [0.5, 0.6) is 0 Å². The Hall–Kier alpha value is -2.30. The molecule has 0 radical (unpaired) electrons. The summed E-state index contributed by atoms with van der Waals surface area (Å²) >= 11 is 9.58. The van der Waals surface area contributed by atoms with Crippen molar-refractivity contribution in [2.75, 3.05) is 24.0 Å². The average molecular weight is 455 g/mol. The molecule has 1 unspecified atom stereocenters. The summed E-state index contributed by atoms with van der Waals surface area (Å²) in [6.07, 6.45) is 0.846. The highest BCUT2D eigenvalue weighted by Crippen LogP contribution is 2.37. The van der Waals surface area contributed by atoms with Gasteiger partial charge in [0.15, 0.2) is 0 Å². The molecule has 1 aliphatic heterocycles. The quantitative estimate of drug-likeness (QED) is 0.446. The van der Waals surface area contributed by atoms with E-state index in [0.29, 0.717) is 0 Å². The zero-order chi connectivity index (χ0) is 19.7. The monoisotopic (exact) mass is 453 g/mol. The molecule has 0 bridgehead atoms. The second kappa shape index (κ2) is 7.98. The molecule has 0 aromatic heterocycles. The van der Waals surface area contributed by atoms with E-state index in [4.69, 9.17) is 16.7 Å². The van der Waals surface area contributed by atoms with Gasteiger partial charge >= 0.3 is 0 Å². The second-order valence-corrected chi connectivity index (χ2v) is 8.43. The summed E-state index contributed by atoms with van der Waals surface area (Å²) in [6, 6.07) is 25.1. The van der Waals surface area contributed by atoms with Gasteiger partial charge in [0.1, 0.15) is 0 Å². The lowest BCUT2D eigenvalue weighted by Gasteiger charge is -2.24. The lowest BCUT2D eigenvalue weighted by molar-refractivity contribution is 0.709. The number of benzene rings is 3. The first kappa shape index (κ1) is 19.0. The normalized spacial score (nSPS) is 16.2. The lowest BCUT2D eigenvalue weighted by atomic mass is 9.98. The number of hydrogen-bond acceptors (Lipinski definition) is 3. The van der Waals surface area contributed by atoms with Crippen LogP contribution in [-0.4, -0.2) is 19.8 Å². The Balaban J connectivity index is 1.71. The van der Waals surface area contributed by atoms with Gasteiger partial charge in [-0.25, -0.2) is 0 Å². The molecule has 1 atom stereocenters. The van der Waals surface area contributed by atoms with Crippen molar-refractivity contribution in [1.82, 2.24) is 0 Å². The summed E-state index contributed by atoms with van der Waals surface area (Å²) in [5.74, 6) is 0. The molecule has 1 heterocycles. The number of rotatable bonds is 4. The highest BCUT2D eigenvalue weighted by molar-refractivity contribution is 9.10. The van der Waals surface area contributed by atoms with Crippen molar-refractivity contribution >= 4 is 44.6 Å². The van der Waals surface area contributed by atoms with Crippen LogP contribution in [0.2, 0.25) is 5.02 Å². The topological polar surface area (TPSA) is 18.8 Å². The van der Waals surface area contributed by atoms with E-state index in [1.165, 1.54) is 11.3 Å². The van der Waals surface area contributed by atoms with Crippen molar-refractivity contribution < 1.29 is 0 Å². The third-order valence-corrected chi connectivity index (χ3v) is 5.75. The Morgan fingerprint density at radius 3 is 2.18 bits per heavy atom. The maximum absolute atomic E-state index is 6.06. The van der Waals surface area contributed by atoms with Crippen LogP contribution < -0.4 is 9.91 Å². The maximum Gasteiger partial charge on any atom is 0.0831 e. The molecule has 0 aliphatic carbocycles. The summed E-state index contributed by atoms with van der Waals surface area (Å²) < 4.78 is 1.06. The van der Waals surface area contributed by atoms with Gasteiger partial charge in [-0.05, 0) is 59.7 Å². The van der Waals surface area contributed by atoms with E-state index in [0.717, 1.165) is 32.9 Å². The molecule has 142 valence electrons. The minimum atomic E-state index is 0.156. The fourth-order valence-corrected chi connectivity index (χ4v) is 3.80. The van der Waals surface area contributed by atoms with Crippen LogP contribution in [0.1, 0.15) is 23.6 Å². The van der Waals surface area contributed by atoms with Gasteiger partial charge in [0, 0.05) is 35.7 Å². The highest BCUT2D eigenvalue weighted by atomic mass is 79.9. The molecule has 0 saturated carbocycles. The summed E-state index contributed by atoms with van der Waals surface area (Å²) in [6.45, 7) is 0. The van der Waals surface area contributed by atoms with E-state index >= 15 is 0 Å². The summed E-state index contributed by atoms with van der Waals surface area (Å²) in [7, 11) is 4.11. The van der Waals surface area contributed by atoms with Crippen molar-refractivity contribution in [3.05, 3.63) is 93.4 Å². The van der Waals surface area contributed by atoms with E-state index in [-0.39, 0.29) is 6.04 Å². The largest absolute Gasteiger partial charge is 0.378 e. The van der Waals surface area contributed by atoms with Crippen LogP contribution in [0.3, 0.4) is 0 Å². The first-order chi connectivity index (χ1) is 13.5. The first-order valence-corrected chi connectivity index (χ1v) is 10.3. The zero-order valence-electron chi connectivity index (χ0n) is 15.8. The third kappa shape index (κ3) is 3.94. The smallest absolute Gasteiger partial charge is 0.0831 e. The number of hydrogen-bond donors (Lipinski definition) is 0. The number of nitrogens with zero attached hydrogens (tertiary/aromatic N) is 3. The van der Waals surface area contributed by atoms with E-state index in [9.17, 15) is 0 Å². The molecule has 1 aliphatic rings. The second-order valence-electron chi connectivity index (χ2n) is 7.08. The Bertz CT molecular complexity index is 980. The molecule has 0 N–H and O–H groups in total. The first-order valence-electron chi connectivity index (χ1n) is 9.17. The molecule has 28 heavy (non-hydrogen) atoms. The predicted octanol–water partition coefficient (Wildman–Crippen LogP) is 6.52. The van der Waals surface area contributed by atoms with Crippen molar-refractivity contribution in [2.24, 2.45) is 5.10 Å². The van der Waals surface area contributed by atoms with Gasteiger partial charge in [-0.1, -0.05) is 51.8 Å². The van der Waals surface area contributed by atoms with Crippen LogP contribution >= 0.6 is 27.5 Å². The Morgan fingerprint density at radius 1 is 0.929 bits per heavy atom. The molecule has 0 amide bonds. The minimum Gasteiger partial charge on any atom is -0.378 e. The van der Waals surface area contributed by atoms with E-state index < -0.39 is 0 Å². The van der Waals surface area contributed by atoms with Crippen molar-refractivity contribution in [3.8, 4) is 0 Å². The molecule has 4 rings (SSSR count). The van der Waals surface area contributed by atoms with E-state index in [2.05, 4.69) is 88.5 Å². The minimum absolute atomic E-state index is 0.156. The van der Waals surface area contributed by atoms with Crippen LogP contribution in [0.15, 0.2) is 82.4 Å². The zero-order valence-corrected chi connectivity index (χ0v) is 18.2. The summed E-state index contributed by atoms with van der Waals surface area (Å²) in [5.41, 5.74) is 5.70. The van der Waals surface area contributed by atoms with Crippen molar-refractivity contribution in [1.29, 1.82) is 0 Å². The molecule has 0 spiro atoms.